The summed E-state index contributed by atoms with van der Waals surface area (Å²) in [6, 6.07) is 73.7. The van der Waals surface area contributed by atoms with Crippen molar-refractivity contribution in [1.82, 2.24) is 30.4 Å². The summed E-state index contributed by atoms with van der Waals surface area (Å²) in [4.78, 5) is 65.3. The summed E-state index contributed by atoms with van der Waals surface area (Å²) in [6.07, 6.45) is -4.99. The van der Waals surface area contributed by atoms with Crippen LogP contribution in [0.3, 0.4) is 0 Å². The first-order valence-electron chi connectivity index (χ1n) is 25.8. The summed E-state index contributed by atoms with van der Waals surface area (Å²) < 4.78 is 28.2. The van der Waals surface area contributed by atoms with Crippen LogP contribution in [0, 0.1) is 0 Å². The zero-order valence-corrected chi connectivity index (χ0v) is 45.5. The van der Waals surface area contributed by atoms with E-state index in [9.17, 15) is 0 Å². The monoisotopic (exact) mass is 1100 g/mol. The minimum Gasteiger partial charge on any atom is -0.452 e. The lowest BCUT2D eigenvalue weighted by Crippen LogP contribution is -2.84. The molecule has 16 heteroatoms. The van der Waals surface area contributed by atoms with Crippen molar-refractivity contribution in [3.05, 3.63) is 276 Å². The normalized spacial score (nSPS) is 15.8. The molecule has 0 aliphatic carbocycles. The number of methoxy groups -OCH3 is 1. The third-order valence-corrected chi connectivity index (χ3v) is 18.4. The van der Waals surface area contributed by atoms with E-state index >= 15 is 19.2 Å². The summed E-state index contributed by atoms with van der Waals surface area (Å²) in [5.74, 6) is -5.28. The highest BCUT2D eigenvalue weighted by Crippen LogP contribution is 2.51. The van der Waals surface area contributed by atoms with E-state index in [2.05, 4.69) is 20.8 Å². The van der Waals surface area contributed by atoms with E-state index in [0.29, 0.717) is 38.2 Å². The average Bonchev–Trinajstić information content (AvgIpc) is 3.73. The number of likely N-dealkylation sites (tertiary alicyclic amines) is 1. The number of tetrazole rings is 1. The number of ether oxygens (including phenoxy) is 4. The Balaban J connectivity index is 1.21. The van der Waals surface area contributed by atoms with Gasteiger partial charge in [-0.3, -0.25) is 19.3 Å². The van der Waals surface area contributed by atoms with Gasteiger partial charge in [0, 0.05) is 25.9 Å². The maximum Gasteiger partial charge on any atom is 0.357 e. The Morgan fingerprint density at radius 1 is 0.575 bits per heavy atom. The quantitative estimate of drug-likeness (QED) is 0.0193. The van der Waals surface area contributed by atoms with Gasteiger partial charge in [0.05, 0.1) is 0 Å². The van der Waals surface area contributed by atoms with Crippen molar-refractivity contribution < 1.29 is 38.1 Å². The van der Waals surface area contributed by atoms with Crippen LogP contribution in [0.25, 0.3) is 0 Å². The van der Waals surface area contributed by atoms with Gasteiger partial charge in [-0.1, -0.05) is 255 Å². The van der Waals surface area contributed by atoms with Crippen LogP contribution in [0.5, 0.6) is 0 Å². The molecule has 2 amide bonds. The maximum absolute atomic E-state index is 16.6. The molecule has 0 spiro atoms. The number of hydrogen-bond donors (Lipinski definition) is 1. The summed E-state index contributed by atoms with van der Waals surface area (Å²) in [5.41, 5.74) is 0.255. The topological polar surface area (TPSA) is 164 Å². The number of benzene rings is 8. The number of thiocarbonyl (C=S) groups is 1. The minimum atomic E-state index is -3.70. The summed E-state index contributed by atoms with van der Waals surface area (Å²) in [7, 11) is 2.84. The molecule has 4 unspecified atom stereocenters. The highest BCUT2D eigenvalue weighted by Gasteiger charge is 2.68. The van der Waals surface area contributed by atoms with Gasteiger partial charge in [-0.15, -0.1) is 5.10 Å². The van der Waals surface area contributed by atoms with Gasteiger partial charge in [-0.2, -0.15) is 0 Å². The third kappa shape index (κ3) is 10.7. The van der Waals surface area contributed by atoms with Gasteiger partial charge in [-0.25, -0.2) is 9.48 Å². The van der Waals surface area contributed by atoms with Crippen molar-refractivity contribution in [2.45, 2.75) is 43.1 Å². The van der Waals surface area contributed by atoms with E-state index in [4.69, 9.17) is 31.2 Å². The standard InChI is InChI=1S/C64H55N6O8PS/c1-44(80)54(57-66-67-68-69(57)2)78-63-64(75-3,65-58(71)53(45-28-12-4-13-29-45)60(72)76-55(46-30-14-5-15-31-46)47-32-16-6-17-33-47)62(74)70(63)59(61(73)77-56(48-34-18-7-19-35-48)49-36-20-8-21-37-49)79(50-38-22-9-23-39-50,51-40-24-10-25-41-51)52-42-26-11-27-43-52/h4-43,53-56,63H,1-3H3,(H,65,71). The molecule has 1 saturated heterocycles. The number of carbonyl (C=O) groups excluding carboxylic acids is 4. The fraction of sp³-hybridized carbons (Fsp3) is 0.141. The van der Waals surface area contributed by atoms with E-state index in [1.807, 2.05) is 212 Å². The molecule has 1 aliphatic heterocycles. The van der Waals surface area contributed by atoms with Crippen LogP contribution in [0.1, 0.15) is 64.8 Å². The molecule has 400 valence electrons. The molecule has 2 heterocycles. The number of esters is 2. The molecule has 1 aliphatic rings. The number of carbonyl (C=O) groups is 4. The minimum absolute atomic E-state index is 0.126. The number of nitrogens with one attached hydrogen (secondary N) is 1. The Morgan fingerprint density at radius 2 is 0.950 bits per heavy atom. The van der Waals surface area contributed by atoms with E-state index in [1.54, 1.807) is 44.3 Å². The van der Waals surface area contributed by atoms with E-state index < -0.39 is 66.8 Å². The first-order valence-corrected chi connectivity index (χ1v) is 27.9. The van der Waals surface area contributed by atoms with Gasteiger partial charge in [0.15, 0.2) is 36.3 Å². The second kappa shape index (κ2) is 24.4. The van der Waals surface area contributed by atoms with Crippen molar-refractivity contribution in [2.24, 2.45) is 7.05 Å². The van der Waals surface area contributed by atoms with Crippen LogP contribution in [0.2, 0.25) is 0 Å². The van der Waals surface area contributed by atoms with Crippen LogP contribution in [-0.4, -0.2) is 78.2 Å². The van der Waals surface area contributed by atoms with Crippen molar-refractivity contribution in [1.29, 1.82) is 0 Å². The Labute approximate surface area is 468 Å². The molecular weight excluding hydrogens is 1040 g/mol. The Kier molecular flexibility index (Phi) is 16.6. The van der Waals surface area contributed by atoms with Crippen molar-refractivity contribution in [2.75, 3.05) is 7.11 Å². The predicted molar refractivity (Wildman–Crippen MR) is 310 cm³/mol. The van der Waals surface area contributed by atoms with E-state index in [-0.39, 0.29) is 21.7 Å². The van der Waals surface area contributed by atoms with Gasteiger partial charge in [-0.05, 0) is 61.1 Å². The number of amides is 2. The number of β-lactam (4-membered cyclic amide) rings is 1. The number of hydrogen-bond acceptors (Lipinski definition) is 12. The highest BCUT2D eigenvalue weighted by atomic mass is 32.1. The first-order chi connectivity index (χ1) is 39.1. The maximum atomic E-state index is 16.6. The average molecular weight is 1100 g/mol. The number of aromatic nitrogens is 4. The summed E-state index contributed by atoms with van der Waals surface area (Å²) in [5, 5.41) is 17.1. The molecule has 14 nitrogen and oxygen atoms in total. The zero-order chi connectivity index (χ0) is 55.6. The van der Waals surface area contributed by atoms with Crippen molar-refractivity contribution in [3.63, 3.8) is 0 Å². The molecule has 0 radical (unpaired) electrons. The number of rotatable bonds is 20. The SMILES string of the molecule is COC1(NC(=O)C(C(=O)OC(c2ccccc2)c2ccccc2)c2ccccc2)C(=O)N(C(C(=O)OC(c2ccccc2)c2ccccc2)=P(c2ccccc2)(c2ccccc2)c2ccccc2)C1OC(C(C)=S)c1nnnn1C. The lowest BCUT2D eigenvalue weighted by molar-refractivity contribution is -0.252. The second-order valence-electron chi connectivity index (χ2n) is 18.8. The Bertz CT molecular complexity index is 3480. The van der Waals surface area contributed by atoms with E-state index in [1.165, 1.54) is 16.7 Å². The van der Waals surface area contributed by atoms with Crippen LogP contribution in [0.4, 0.5) is 0 Å². The largest absolute Gasteiger partial charge is 0.452 e. The number of nitrogens with zero attached hydrogens (tertiary/aromatic N) is 5. The summed E-state index contributed by atoms with van der Waals surface area (Å²) >= 11 is 5.91. The predicted octanol–water partition coefficient (Wildman–Crippen LogP) is 8.86. The third-order valence-electron chi connectivity index (χ3n) is 13.9. The summed E-state index contributed by atoms with van der Waals surface area (Å²) in [6.45, 7) is -2.08. The molecule has 0 bridgehead atoms. The molecule has 1 N–H and O–H groups in total. The molecule has 1 aromatic heterocycles. The van der Waals surface area contributed by atoms with Crippen LogP contribution in [0.15, 0.2) is 243 Å². The lowest BCUT2D eigenvalue weighted by atomic mass is 9.93. The van der Waals surface area contributed by atoms with Gasteiger partial charge in [0.25, 0.3) is 11.6 Å². The molecule has 1 fully saturated rings. The van der Waals surface area contributed by atoms with Crippen LogP contribution >= 0.6 is 19.1 Å². The Morgan fingerprint density at radius 3 is 1.31 bits per heavy atom. The molecule has 10 rings (SSSR count). The zero-order valence-electron chi connectivity index (χ0n) is 43.8. The molecule has 9 aromatic rings. The second-order valence-corrected chi connectivity index (χ2v) is 22.8. The van der Waals surface area contributed by atoms with E-state index in [0.717, 1.165) is 0 Å². The fourth-order valence-electron chi connectivity index (χ4n) is 10.1. The highest BCUT2D eigenvalue weighted by molar-refractivity contribution is 7.96. The van der Waals surface area contributed by atoms with Gasteiger partial charge < -0.3 is 24.3 Å². The Hall–Kier alpha value is -8.98. The van der Waals surface area contributed by atoms with Crippen LogP contribution in [-0.2, 0) is 45.2 Å². The lowest BCUT2D eigenvalue weighted by Gasteiger charge is -2.55. The van der Waals surface area contributed by atoms with Crippen LogP contribution < -0.4 is 21.2 Å². The van der Waals surface area contributed by atoms with Gasteiger partial charge >= 0.3 is 11.9 Å². The molecule has 80 heavy (non-hydrogen) atoms. The smallest absolute Gasteiger partial charge is 0.357 e. The number of aryl methyl sites for hydroxylation is 1. The van der Waals surface area contributed by atoms with Crippen molar-refractivity contribution in [3.8, 4) is 0 Å². The van der Waals surface area contributed by atoms with Gasteiger partial charge in [0.1, 0.15) is 5.42 Å². The molecule has 0 saturated carbocycles. The molecule has 8 aromatic carbocycles. The molecule has 4 atom stereocenters. The van der Waals surface area contributed by atoms with Crippen molar-refractivity contribution >= 4 is 69.1 Å². The molecular formula is C64H55N6O8PS. The fourth-order valence-corrected chi connectivity index (χ4v) is 14.6. The van der Waals surface area contributed by atoms with Gasteiger partial charge in [0.2, 0.25) is 5.91 Å². The first kappa shape index (κ1) is 54.4.